The molecule has 0 bridgehead atoms. The van der Waals surface area contributed by atoms with Crippen molar-refractivity contribution in [3.8, 4) is 5.75 Å². The minimum absolute atomic E-state index is 0.00600. The second-order valence-electron chi connectivity index (χ2n) is 6.78. The van der Waals surface area contributed by atoms with E-state index in [1.54, 1.807) is 18.3 Å². The van der Waals surface area contributed by atoms with Crippen LogP contribution in [0, 0.1) is 0 Å². The summed E-state index contributed by atoms with van der Waals surface area (Å²) in [5.41, 5.74) is 2.73. The van der Waals surface area contributed by atoms with E-state index >= 15 is 0 Å². The maximum atomic E-state index is 12.7. The standard InChI is InChI=1S/C21H30N4O5/c1-3-25(21(26)15-29-11-10-28-9-8-27-2)18-4-5-20-19(12-18)24(6-7-30-20)14-17-13-22-16-23-17/h4-5,12-13,16H,3,6-11,14-15H2,1-2H3,(H,22,23). The molecule has 3 rings (SSSR count). The average molecular weight is 418 g/mol. The van der Waals surface area contributed by atoms with E-state index in [-0.39, 0.29) is 12.5 Å². The third-order valence-corrected chi connectivity index (χ3v) is 4.77. The van der Waals surface area contributed by atoms with Crippen molar-refractivity contribution in [3.05, 3.63) is 36.4 Å². The lowest BCUT2D eigenvalue weighted by Crippen LogP contribution is -2.35. The quantitative estimate of drug-likeness (QED) is 0.526. The second kappa shape index (κ2) is 11.5. The molecule has 1 aromatic carbocycles. The van der Waals surface area contributed by atoms with Gasteiger partial charge in [0.1, 0.15) is 19.0 Å². The third kappa shape index (κ3) is 5.94. The summed E-state index contributed by atoms with van der Waals surface area (Å²) in [7, 11) is 1.63. The smallest absolute Gasteiger partial charge is 0.252 e. The van der Waals surface area contributed by atoms with Crippen LogP contribution in [0.3, 0.4) is 0 Å². The van der Waals surface area contributed by atoms with Gasteiger partial charge in [-0.15, -0.1) is 0 Å². The van der Waals surface area contributed by atoms with Crippen LogP contribution in [0.25, 0.3) is 0 Å². The Balaban J connectivity index is 1.60. The minimum Gasteiger partial charge on any atom is -0.490 e. The Kier molecular flexibility index (Phi) is 8.49. The van der Waals surface area contributed by atoms with Crippen molar-refractivity contribution < 1.29 is 23.7 Å². The van der Waals surface area contributed by atoms with Crippen LogP contribution in [-0.4, -0.2) is 75.7 Å². The van der Waals surface area contributed by atoms with Gasteiger partial charge >= 0.3 is 0 Å². The van der Waals surface area contributed by atoms with E-state index in [0.29, 0.717) is 46.1 Å². The van der Waals surface area contributed by atoms with Gasteiger partial charge in [0.15, 0.2) is 0 Å². The molecule has 0 saturated carbocycles. The molecule has 2 heterocycles. The second-order valence-corrected chi connectivity index (χ2v) is 6.78. The Morgan fingerprint density at radius 3 is 2.87 bits per heavy atom. The number of ether oxygens (including phenoxy) is 4. The number of benzene rings is 1. The van der Waals surface area contributed by atoms with E-state index in [1.165, 1.54) is 0 Å². The van der Waals surface area contributed by atoms with Crippen molar-refractivity contribution in [2.24, 2.45) is 0 Å². The molecule has 1 N–H and O–H groups in total. The molecule has 0 aliphatic carbocycles. The Morgan fingerprint density at radius 2 is 2.10 bits per heavy atom. The summed E-state index contributed by atoms with van der Waals surface area (Å²) in [5.74, 6) is 0.721. The van der Waals surface area contributed by atoms with Crippen molar-refractivity contribution in [2.45, 2.75) is 13.5 Å². The molecule has 0 spiro atoms. The molecule has 0 saturated heterocycles. The number of amides is 1. The molecule has 164 valence electrons. The number of rotatable bonds is 12. The van der Waals surface area contributed by atoms with E-state index in [0.717, 1.165) is 29.4 Å². The van der Waals surface area contributed by atoms with Crippen molar-refractivity contribution in [3.63, 3.8) is 0 Å². The zero-order valence-electron chi connectivity index (χ0n) is 17.6. The van der Waals surface area contributed by atoms with Gasteiger partial charge in [-0.25, -0.2) is 4.98 Å². The zero-order valence-corrected chi connectivity index (χ0v) is 17.6. The van der Waals surface area contributed by atoms with Gasteiger partial charge in [0.2, 0.25) is 0 Å². The fourth-order valence-corrected chi connectivity index (χ4v) is 3.27. The van der Waals surface area contributed by atoms with E-state index < -0.39 is 0 Å². The van der Waals surface area contributed by atoms with Crippen LogP contribution < -0.4 is 14.5 Å². The highest BCUT2D eigenvalue weighted by atomic mass is 16.5. The highest BCUT2D eigenvalue weighted by molar-refractivity contribution is 5.95. The molecule has 0 atom stereocenters. The van der Waals surface area contributed by atoms with Gasteiger partial charge in [0.25, 0.3) is 5.91 Å². The van der Waals surface area contributed by atoms with Gasteiger partial charge in [-0.05, 0) is 25.1 Å². The molecule has 30 heavy (non-hydrogen) atoms. The van der Waals surface area contributed by atoms with Crippen LogP contribution in [0.5, 0.6) is 5.75 Å². The summed E-state index contributed by atoms with van der Waals surface area (Å²) in [5, 5.41) is 0. The van der Waals surface area contributed by atoms with Crippen molar-refractivity contribution in [1.82, 2.24) is 9.97 Å². The van der Waals surface area contributed by atoms with Crippen LogP contribution in [0.2, 0.25) is 0 Å². The minimum atomic E-state index is -0.0927. The molecule has 1 aromatic heterocycles. The van der Waals surface area contributed by atoms with Crippen LogP contribution in [0.4, 0.5) is 11.4 Å². The summed E-state index contributed by atoms with van der Waals surface area (Å²) in [6.07, 6.45) is 3.56. The number of imidazole rings is 1. The first-order valence-corrected chi connectivity index (χ1v) is 10.2. The first-order valence-electron chi connectivity index (χ1n) is 10.2. The lowest BCUT2D eigenvalue weighted by atomic mass is 10.2. The molecular weight excluding hydrogens is 388 g/mol. The number of nitrogens with zero attached hydrogens (tertiary/aromatic N) is 3. The molecule has 0 radical (unpaired) electrons. The fourth-order valence-electron chi connectivity index (χ4n) is 3.27. The molecule has 1 aliphatic rings. The van der Waals surface area contributed by atoms with Gasteiger partial charge in [-0.2, -0.15) is 0 Å². The first kappa shape index (κ1) is 22.1. The predicted molar refractivity (Wildman–Crippen MR) is 113 cm³/mol. The molecular formula is C21H30N4O5. The SMILES string of the molecule is CCN(C(=O)COCCOCCOC)c1ccc2c(c1)N(Cc1c[nH]cn1)CCO2. The number of nitrogens with one attached hydrogen (secondary N) is 1. The number of hydrogen-bond acceptors (Lipinski definition) is 7. The fraction of sp³-hybridized carbons (Fsp3) is 0.524. The lowest BCUT2D eigenvalue weighted by Gasteiger charge is -2.32. The van der Waals surface area contributed by atoms with E-state index in [1.807, 2.05) is 31.3 Å². The predicted octanol–water partition coefficient (Wildman–Crippen LogP) is 1.84. The number of likely N-dealkylation sites (N-methyl/N-ethyl adjacent to an activating group) is 1. The number of hydrogen-bond donors (Lipinski definition) is 1. The average Bonchev–Trinajstić information content (AvgIpc) is 3.27. The zero-order chi connectivity index (χ0) is 21.2. The van der Waals surface area contributed by atoms with Gasteiger partial charge in [0.05, 0.1) is 57.2 Å². The normalized spacial score (nSPS) is 13.1. The number of anilines is 2. The maximum Gasteiger partial charge on any atom is 0.252 e. The van der Waals surface area contributed by atoms with Crippen LogP contribution in [0.15, 0.2) is 30.7 Å². The van der Waals surface area contributed by atoms with Gasteiger partial charge in [-0.3, -0.25) is 4.79 Å². The highest BCUT2D eigenvalue weighted by Crippen LogP contribution is 2.36. The van der Waals surface area contributed by atoms with Crippen LogP contribution in [-0.2, 0) is 25.5 Å². The number of aromatic nitrogens is 2. The monoisotopic (exact) mass is 418 g/mol. The van der Waals surface area contributed by atoms with Crippen LogP contribution in [0.1, 0.15) is 12.6 Å². The largest absolute Gasteiger partial charge is 0.490 e. The molecule has 1 amide bonds. The Labute approximate surface area is 176 Å². The molecule has 0 unspecified atom stereocenters. The van der Waals surface area contributed by atoms with E-state index in [4.69, 9.17) is 18.9 Å². The van der Waals surface area contributed by atoms with Crippen molar-refractivity contribution in [2.75, 3.05) is 69.6 Å². The third-order valence-electron chi connectivity index (χ3n) is 4.77. The van der Waals surface area contributed by atoms with Gasteiger partial charge in [-0.1, -0.05) is 0 Å². The Hall–Kier alpha value is -2.62. The number of H-pyrrole nitrogens is 1. The lowest BCUT2D eigenvalue weighted by molar-refractivity contribution is -0.123. The number of fused-ring (bicyclic) bond motifs is 1. The molecule has 9 heteroatoms. The first-order chi connectivity index (χ1) is 14.7. The van der Waals surface area contributed by atoms with Crippen molar-refractivity contribution in [1.29, 1.82) is 0 Å². The van der Waals surface area contributed by atoms with Crippen molar-refractivity contribution >= 4 is 17.3 Å². The highest BCUT2D eigenvalue weighted by Gasteiger charge is 2.22. The van der Waals surface area contributed by atoms with E-state index in [9.17, 15) is 4.79 Å². The summed E-state index contributed by atoms with van der Waals surface area (Å²) < 4.78 is 21.5. The van der Waals surface area contributed by atoms with Crippen LogP contribution >= 0.6 is 0 Å². The topological polar surface area (TPSA) is 89.2 Å². The number of carbonyl (C=O) groups is 1. The van der Waals surface area contributed by atoms with Gasteiger partial charge in [0, 0.05) is 25.5 Å². The number of carbonyl (C=O) groups excluding carboxylic acids is 1. The molecule has 0 fully saturated rings. The Bertz CT molecular complexity index is 784. The summed E-state index contributed by atoms with van der Waals surface area (Å²) in [4.78, 5) is 23.9. The summed E-state index contributed by atoms with van der Waals surface area (Å²) in [6, 6.07) is 5.82. The number of aromatic amines is 1. The molecule has 2 aromatic rings. The molecule has 9 nitrogen and oxygen atoms in total. The maximum absolute atomic E-state index is 12.7. The van der Waals surface area contributed by atoms with Gasteiger partial charge < -0.3 is 33.7 Å². The Morgan fingerprint density at radius 1 is 1.27 bits per heavy atom. The molecule has 1 aliphatic heterocycles. The summed E-state index contributed by atoms with van der Waals surface area (Å²) in [6.45, 7) is 6.41. The van der Waals surface area contributed by atoms with E-state index in [2.05, 4.69) is 14.9 Å². The number of methoxy groups -OCH3 is 1. The summed E-state index contributed by atoms with van der Waals surface area (Å²) >= 11 is 0.